The summed E-state index contributed by atoms with van der Waals surface area (Å²) in [6.45, 7) is 13.8. The zero-order valence-electron chi connectivity index (χ0n) is 11.8. The van der Waals surface area contributed by atoms with E-state index in [1.54, 1.807) is 0 Å². The molecular formula is C14H26N2O. The molecule has 0 aromatic rings. The van der Waals surface area contributed by atoms with Gasteiger partial charge in [-0.05, 0) is 47.1 Å². The maximum atomic E-state index is 12.4. The molecule has 1 amide bonds. The molecule has 17 heavy (non-hydrogen) atoms. The summed E-state index contributed by atoms with van der Waals surface area (Å²) in [4.78, 5) is 14.6. The molecule has 1 rings (SSSR count). The first-order valence-electron chi connectivity index (χ1n) is 6.30. The van der Waals surface area contributed by atoms with E-state index in [2.05, 4.69) is 30.8 Å². The summed E-state index contributed by atoms with van der Waals surface area (Å²) in [5.41, 5.74) is -0.473. The minimum atomic E-state index is -0.306. The highest BCUT2D eigenvalue weighted by Crippen LogP contribution is 2.33. The molecule has 0 radical (unpaired) electrons. The fourth-order valence-electron chi connectivity index (χ4n) is 2.58. The number of hydrogen-bond donors (Lipinski definition) is 1. The van der Waals surface area contributed by atoms with E-state index in [1.165, 1.54) is 0 Å². The zero-order chi connectivity index (χ0) is 13.3. The molecule has 0 saturated carbocycles. The molecule has 1 fully saturated rings. The van der Waals surface area contributed by atoms with E-state index in [-0.39, 0.29) is 16.9 Å². The molecule has 98 valence electrons. The molecule has 0 bridgehead atoms. The number of likely N-dealkylation sites (tertiary alicyclic amines) is 1. The van der Waals surface area contributed by atoms with Crippen LogP contribution in [-0.4, -0.2) is 36.5 Å². The predicted octanol–water partition coefficient (Wildman–Crippen LogP) is 2.05. The number of nitrogens with one attached hydrogen (secondary N) is 1. The number of carbonyl (C=O) groups excluding carboxylic acids is 1. The molecule has 1 aliphatic heterocycles. The molecule has 0 unspecified atom stereocenters. The highest BCUT2D eigenvalue weighted by molar-refractivity contribution is 5.83. The van der Waals surface area contributed by atoms with Gasteiger partial charge in [-0.25, -0.2) is 0 Å². The summed E-state index contributed by atoms with van der Waals surface area (Å²) in [7, 11) is 2.07. The Bertz CT molecular complexity index is 306. The molecule has 0 aliphatic carbocycles. The summed E-state index contributed by atoms with van der Waals surface area (Å²) in [6, 6.07) is 0. The van der Waals surface area contributed by atoms with Crippen molar-refractivity contribution < 1.29 is 4.79 Å². The molecule has 3 nitrogen and oxygen atoms in total. The lowest BCUT2D eigenvalue weighted by Crippen LogP contribution is -2.55. The van der Waals surface area contributed by atoms with Gasteiger partial charge in [0.05, 0.1) is 5.41 Å². The summed E-state index contributed by atoms with van der Waals surface area (Å²) < 4.78 is 0. The maximum Gasteiger partial charge on any atom is 0.227 e. The van der Waals surface area contributed by atoms with E-state index >= 15 is 0 Å². The van der Waals surface area contributed by atoms with Gasteiger partial charge in [0.25, 0.3) is 0 Å². The van der Waals surface area contributed by atoms with Gasteiger partial charge in [0.1, 0.15) is 0 Å². The molecule has 0 aromatic heterocycles. The van der Waals surface area contributed by atoms with Crippen LogP contribution in [0, 0.1) is 11.3 Å². The first kappa shape index (κ1) is 14.2. The Hall–Kier alpha value is -0.830. The van der Waals surface area contributed by atoms with Gasteiger partial charge in [-0.3, -0.25) is 4.79 Å². The van der Waals surface area contributed by atoms with Gasteiger partial charge < -0.3 is 10.2 Å². The first-order chi connectivity index (χ1) is 7.66. The zero-order valence-corrected chi connectivity index (χ0v) is 11.8. The molecule has 1 aliphatic rings. The van der Waals surface area contributed by atoms with Gasteiger partial charge in [-0.2, -0.15) is 0 Å². The van der Waals surface area contributed by atoms with Crippen molar-refractivity contribution >= 4 is 5.91 Å². The highest BCUT2D eigenvalue weighted by Gasteiger charge is 2.40. The predicted molar refractivity (Wildman–Crippen MR) is 71.8 cm³/mol. The third-order valence-corrected chi connectivity index (χ3v) is 3.25. The van der Waals surface area contributed by atoms with Gasteiger partial charge in [0, 0.05) is 18.6 Å². The fourth-order valence-corrected chi connectivity index (χ4v) is 2.58. The topological polar surface area (TPSA) is 32.3 Å². The van der Waals surface area contributed by atoms with Crippen LogP contribution >= 0.6 is 0 Å². The standard InChI is InChI=1S/C14H26N2O/c1-7-11-8-14(5,10-16(6)9-11)12(17)15-13(2,3)4/h7,11H,1,8-10H2,2-6H3,(H,15,17)/t11-,14-/m0/s1. The first-order valence-corrected chi connectivity index (χ1v) is 6.30. The number of rotatable bonds is 2. The van der Waals surface area contributed by atoms with Gasteiger partial charge in [0.15, 0.2) is 0 Å². The molecule has 1 heterocycles. The Morgan fingerprint density at radius 2 is 2.12 bits per heavy atom. The van der Waals surface area contributed by atoms with E-state index in [4.69, 9.17) is 0 Å². The molecular weight excluding hydrogens is 212 g/mol. The van der Waals surface area contributed by atoms with Gasteiger partial charge >= 0.3 is 0 Å². The maximum absolute atomic E-state index is 12.4. The van der Waals surface area contributed by atoms with Gasteiger partial charge in [-0.15, -0.1) is 6.58 Å². The fraction of sp³-hybridized carbons (Fsp3) is 0.786. The lowest BCUT2D eigenvalue weighted by molar-refractivity contribution is -0.135. The van der Waals surface area contributed by atoms with Crippen LogP contribution in [-0.2, 0) is 4.79 Å². The van der Waals surface area contributed by atoms with Crippen molar-refractivity contribution in [1.29, 1.82) is 0 Å². The Labute approximate surface area is 105 Å². The second-order valence-electron chi connectivity index (χ2n) is 6.66. The number of nitrogens with zero attached hydrogens (tertiary/aromatic N) is 1. The highest BCUT2D eigenvalue weighted by atomic mass is 16.2. The van der Waals surface area contributed by atoms with E-state index in [0.717, 1.165) is 19.5 Å². The third kappa shape index (κ3) is 3.84. The normalized spacial score (nSPS) is 31.0. The van der Waals surface area contributed by atoms with E-state index < -0.39 is 0 Å². The summed E-state index contributed by atoms with van der Waals surface area (Å²) in [5.74, 6) is 0.563. The Morgan fingerprint density at radius 1 is 1.53 bits per heavy atom. The van der Waals surface area contributed by atoms with Crippen molar-refractivity contribution in [1.82, 2.24) is 10.2 Å². The van der Waals surface area contributed by atoms with Gasteiger partial charge in [0.2, 0.25) is 5.91 Å². The lowest BCUT2D eigenvalue weighted by atomic mass is 9.76. The molecule has 1 saturated heterocycles. The van der Waals surface area contributed by atoms with E-state index in [0.29, 0.717) is 5.92 Å². The second-order valence-corrected chi connectivity index (χ2v) is 6.66. The van der Waals surface area contributed by atoms with Crippen LogP contribution < -0.4 is 5.32 Å². The van der Waals surface area contributed by atoms with Crippen molar-refractivity contribution in [3.63, 3.8) is 0 Å². The summed E-state index contributed by atoms with van der Waals surface area (Å²) in [5, 5.41) is 3.09. The van der Waals surface area contributed by atoms with Gasteiger partial charge in [-0.1, -0.05) is 6.08 Å². The molecule has 0 spiro atoms. The molecule has 0 aromatic carbocycles. The van der Waals surface area contributed by atoms with Crippen molar-refractivity contribution in [3.05, 3.63) is 12.7 Å². The number of carbonyl (C=O) groups is 1. The van der Waals surface area contributed by atoms with Crippen LogP contribution in [0.3, 0.4) is 0 Å². The molecule has 3 heteroatoms. The Morgan fingerprint density at radius 3 is 2.59 bits per heavy atom. The number of piperidine rings is 1. The van der Waals surface area contributed by atoms with Crippen LogP contribution in [0.2, 0.25) is 0 Å². The van der Waals surface area contributed by atoms with Crippen LogP contribution in [0.15, 0.2) is 12.7 Å². The van der Waals surface area contributed by atoms with Crippen molar-refractivity contribution in [3.8, 4) is 0 Å². The Balaban J connectivity index is 2.78. The molecule has 1 N–H and O–H groups in total. The minimum Gasteiger partial charge on any atom is -0.351 e. The van der Waals surface area contributed by atoms with Crippen LogP contribution in [0.4, 0.5) is 0 Å². The third-order valence-electron chi connectivity index (χ3n) is 3.25. The summed E-state index contributed by atoms with van der Waals surface area (Å²) >= 11 is 0. The molecule has 2 atom stereocenters. The van der Waals surface area contributed by atoms with E-state index in [9.17, 15) is 4.79 Å². The largest absolute Gasteiger partial charge is 0.351 e. The Kier molecular flexibility index (Phi) is 4.03. The van der Waals surface area contributed by atoms with Crippen LogP contribution in [0.1, 0.15) is 34.1 Å². The van der Waals surface area contributed by atoms with Crippen molar-refractivity contribution in [2.75, 3.05) is 20.1 Å². The quantitative estimate of drug-likeness (QED) is 0.747. The smallest absolute Gasteiger partial charge is 0.227 e. The average Bonchev–Trinajstić information content (AvgIpc) is 2.13. The van der Waals surface area contributed by atoms with Crippen molar-refractivity contribution in [2.45, 2.75) is 39.7 Å². The monoisotopic (exact) mass is 238 g/mol. The van der Waals surface area contributed by atoms with Crippen LogP contribution in [0.5, 0.6) is 0 Å². The second kappa shape index (κ2) is 4.81. The summed E-state index contributed by atoms with van der Waals surface area (Å²) in [6.07, 6.45) is 2.86. The minimum absolute atomic E-state index is 0.156. The SMILES string of the molecule is C=C[C@@H]1CN(C)C[C@@](C)(C(=O)NC(C)(C)C)C1. The average molecular weight is 238 g/mol. The number of amides is 1. The van der Waals surface area contributed by atoms with Crippen molar-refractivity contribution in [2.24, 2.45) is 11.3 Å². The lowest BCUT2D eigenvalue weighted by Gasteiger charge is -2.42. The van der Waals surface area contributed by atoms with E-state index in [1.807, 2.05) is 26.8 Å². The van der Waals surface area contributed by atoms with Crippen LogP contribution in [0.25, 0.3) is 0 Å². The number of hydrogen-bond acceptors (Lipinski definition) is 2.